The number of hydrogen-bond donors (Lipinski definition) is 3. The molecule has 0 amide bonds. The zero-order chi connectivity index (χ0) is 23.2. The van der Waals surface area contributed by atoms with Crippen LogP contribution in [0.3, 0.4) is 0 Å². The predicted molar refractivity (Wildman–Crippen MR) is 125 cm³/mol. The first-order chi connectivity index (χ1) is 14.6. The van der Waals surface area contributed by atoms with Gasteiger partial charge in [0.1, 0.15) is 0 Å². The maximum atomic E-state index is 11.5. The Kier molecular flexibility index (Phi) is 10.7. The summed E-state index contributed by atoms with van der Waals surface area (Å²) in [6.07, 6.45) is 4.32. The average molecular weight is 443 g/mol. The molecule has 0 spiro atoms. The Bertz CT molecular complexity index is 514. The Hall–Kier alpha value is -0.200. The first-order valence-corrected chi connectivity index (χ1v) is 12.9. The van der Waals surface area contributed by atoms with Crippen LogP contribution >= 0.6 is 0 Å². The number of hydrogen-bond acceptors (Lipinski definition) is 5. The molecular weight excluding hydrogens is 392 g/mol. The van der Waals surface area contributed by atoms with E-state index in [4.69, 9.17) is 9.47 Å². The van der Waals surface area contributed by atoms with Gasteiger partial charge in [-0.05, 0) is 81.0 Å². The Balaban J connectivity index is 2.09. The van der Waals surface area contributed by atoms with Crippen molar-refractivity contribution in [1.29, 1.82) is 0 Å². The van der Waals surface area contributed by atoms with Crippen LogP contribution < -0.4 is 0 Å². The molecule has 5 heteroatoms. The molecule has 0 saturated heterocycles. The SMILES string of the molecule is CCOCC1C[C@H](C)CC[C@H]1C(C)C(O)C(O)C(C)[C@@H]1CC[C@@H](C)C[C@]1(O)COCC. The van der Waals surface area contributed by atoms with E-state index in [1.807, 2.05) is 20.8 Å². The van der Waals surface area contributed by atoms with Crippen molar-refractivity contribution >= 4 is 0 Å². The number of aliphatic hydroxyl groups excluding tert-OH is 2. The van der Waals surface area contributed by atoms with Crippen LogP contribution in [0.1, 0.15) is 80.1 Å². The highest BCUT2D eigenvalue weighted by atomic mass is 16.5. The van der Waals surface area contributed by atoms with Crippen LogP contribution in [0.4, 0.5) is 0 Å². The second-order valence-corrected chi connectivity index (χ2v) is 10.9. The molecule has 0 aromatic rings. The molecular formula is C26H50O5. The fourth-order valence-corrected chi connectivity index (χ4v) is 6.58. The molecule has 2 aliphatic rings. The van der Waals surface area contributed by atoms with E-state index in [-0.39, 0.29) is 17.8 Å². The highest BCUT2D eigenvalue weighted by Gasteiger charge is 2.48. The van der Waals surface area contributed by atoms with E-state index in [2.05, 4.69) is 20.8 Å². The molecule has 0 heterocycles. The van der Waals surface area contributed by atoms with Crippen molar-refractivity contribution in [2.75, 3.05) is 26.4 Å². The maximum Gasteiger partial charge on any atom is 0.0914 e. The van der Waals surface area contributed by atoms with Crippen molar-refractivity contribution in [2.24, 2.45) is 41.4 Å². The minimum atomic E-state index is -0.936. The fourth-order valence-electron chi connectivity index (χ4n) is 6.58. The standard InChI is InChI=1S/C26H50O5/c1-7-30-15-21-13-17(3)9-11-22(21)19(5)24(27)25(28)20(6)23-12-10-18(4)14-26(23,29)16-31-8-2/h17-25,27-29H,7-16H2,1-6H3/t17-,18-,19?,20?,21?,22+,23+,24?,25?,26+/m1/s1. The van der Waals surface area contributed by atoms with Gasteiger partial charge in [0.2, 0.25) is 0 Å². The zero-order valence-corrected chi connectivity index (χ0v) is 20.9. The van der Waals surface area contributed by atoms with Crippen molar-refractivity contribution in [3.63, 3.8) is 0 Å². The van der Waals surface area contributed by atoms with Gasteiger partial charge in [-0.25, -0.2) is 0 Å². The predicted octanol–water partition coefficient (Wildman–Crippen LogP) is 4.27. The van der Waals surface area contributed by atoms with Crippen LogP contribution in [0, 0.1) is 41.4 Å². The number of ether oxygens (including phenoxy) is 2. The van der Waals surface area contributed by atoms with Crippen molar-refractivity contribution in [3.8, 4) is 0 Å². The Labute approximate surface area is 190 Å². The van der Waals surface area contributed by atoms with Crippen molar-refractivity contribution in [2.45, 2.75) is 97.9 Å². The molecule has 184 valence electrons. The minimum Gasteiger partial charge on any atom is -0.390 e. The molecule has 0 aromatic heterocycles. The second-order valence-electron chi connectivity index (χ2n) is 10.9. The van der Waals surface area contributed by atoms with E-state index in [1.165, 1.54) is 6.42 Å². The van der Waals surface area contributed by atoms with Crippen molar-refractivity contribution < 1.29 is 24.8 Å². The van der Waals surface area contributed by atoms with Crippen LogP contribution in [0.25, 0.3) is 0 Å². The number of rotatable bonds is 11. The lowest BCUT2D eigenvalue weighted by Gasteiger charge is -2.47. The van der Waals surface area contributed by atoms with Gasteiger partial charge < -0.3 is 24.8 Å². The summed E-state index contributed by atoms with van der Waals surface area (Å²) in [6.45, 7) is 14.9. The highest BCUT2D eigenvalue weighted by molar-refractivity contribution is 4.98. The summed E-state index contributed by atoms with van der Waals surface area (Å²) in [5, 5.41) is 33.9. The van der Waals surface area contributed by atoms with Crippen LogP contribution in [0.15, 0.2) is 0 Å². The zero-order valence-electron chi connectivity index (χ0n) is 20.9. The summed E-state index contributed by atoms with van der Waals surface area (Å²) in [4.78, 5) is 0. The summed E-state index contributed by atoms with van der Waals surface area (Å²) in [5.74, 6) is 1.65. The van der Waals surface area contributed by atoms with E-state index in [0.717, 1.165) is 32.3 Å². The van der Waals surface area contributed by atoms with Crippen LogP contribution in [-0.4, -0.2) is 59.6 Å². The van der Waals surface area contributed by atoms with E-state index < -0.39 is 17.8 Å². The third-order valence-electron chi connectivity index (χ3n) is 8.50. The lowest BCUT2D eigenvalue weighted by Crippen LogP contribution is -2.54. The lowest BCUT2D eigenvalue weighted by atomic mass is 9.63. The van der Waals surface area contributed by atoms with Gasteiger partial charge in [0.05, 0.1) is 24.4 Å². The van der Waals surface area contributed by atoms with E-state index in [1.54, 1.807) is 0 Å². The van der Waals surface area contributed by atoms with Crippen molar-refractivity contribution in [3.05, 3.63) is 0 Å². The van der Waals surface area contributed by atoms with Gasteiger partial charge in [0, 0.05) is 19.8 Å². The molecule has 3 N–H and O–H groups in total. The monoisotopic (exact) mass is 442 g/mol. The molecule has 0 aliphatic heterocycles. The third kappa shape index (κ3) is 6.89. The Morgan fingerprint density at radius 1 is 0.871 bits per heavy atom. The van der Waals surface area contributed by atoms with Gasteiger partial charge in [-0.1, -0.05) is 40.5 Å². The highest BCUT2D eigenvalue weighted by Crippen LogP contribution is 2.45. The molecule has 2 fully saturated rings. The van der Waals surface area contributed by atoms with Gasteiger partial charge in [0.15, 0.2) is 0 Å². The lowest BCUT2D eigenvalue weighted by molar-refractivity contribution is -0.156. The van der Waals surface area contributed by atoms with Gasteiger partial charge >= 0.3 is 0 Å². The van der Waals surface area contributed by atoms with Crippen LogP contribution in [0.5, 0.6) is 0 Å². The molecule has 5 unspecified atom stereocenters. The van der Waals surface area contributed by atoms with Crippen LogP contribution in [0.2, 0.25) is 0 Å². The first kappa shape index (κ1) is 27.0. The Morgan fingerprint density at radius 2 is 1.48 bits per heavy atom. The molecule has 31 heavy (non-hydrogen) atoms. The molecule has 5 nitrogen and oxygen atoms in total. The van der Waals surface area contributed by atoms with Gasteiger partial charge in [-0.15, -0.1) is 0 Å². The molecule has 10 atom stereocenters. The summed E-state index contributed by atoms with van der Waals surface area (Å²) in [7, 11) is 0. The largest absolute Gasteiger partial charge is 0.390 e. The van der Waals surface area contributed by atoms with E-state index in [0.29, 0.717) is 49.9 Å². The average Bonchev–Trinajstić information content (AvgIpc) is 2.74. The van der Waals surface area contributed by atoms with Crippen LogP contribution in [-0.2, 0) is 9.47 Å². The molecule has 0 bridgehead atoms. The maximum absolute atomic E-state index is 11.5. The smallest absolute Gasteiger partial charge is 0.0914 e. The number of aliphatic hydroxyl groups is 3. The van der Waals surface area contributed by atoms with Gasteiger partial charge in [-0.3, -0.25) is 0 Å². The Morgan fingerprint density at radius 3 is 2.13 bits per heavy atom. The van der Waals surface area contributed by atoms with Gasteiger partial charge in [0.25, 0.3) is 0 Å². The molecule has 0 radical (unpaired) electrons. The first-order valence-electron chi connectivity index (χ1n) is 12.9. The van der Waals surface area contributed by atoms with E-state index >= 15 is 0 Å². The summed E-state index contributed by atoms with van der Waals surface area (Å²) in [6, 6.07) is 0. The summed E-state index contributed by atoms with van der Waals surface area (Å²) >= 11 is 0. The van der Waals surface area contributed by atoms with Gasteiger partial charge in [-0.2, -0.15) is 0 Å². The normalized spacial score (nSPS) is 38.4. The summed E-state index contributed by atoms with van der Waals surface area (Å²) < 4.78 is 11.4. The second kappa shape index (κ2) is 12.3. The molecule has 0 aromatic carbocycles. The topological polar surface area (TPSA) is 79.2 Å². The van der Waals surface area contributed by atoms with Crippen molar-refractivity contribution in [1.82, 2.24) is 0 Å². The quantitative estimate of drug-likeness (QED) is 0.445. The third-order valence-corrected chi connectivity index (χ3v) is 8.50. The summed E-state index contributed by atoms with van der Waals surface area (Å²) in [5.41, 5.74) is -0.936. The van der Waals surface area contributed by atoms with E-state index in [9.17, 15) is 15.3 Å². The minimum absolute atomic E-state index is 0.00194. The molecule has 2 rings (SSSR count). The molecule has 2 aliphatic carbocycles. The fraction of sp³-hybridized carbons (Fsp3) is 1.00. The molecule has 2 saturated carbocycles.